The van der Waals surface area contributed by atoms with Crippen LogP contribution in [-0.2, 0) is 17.9 Å². The minimum Gasteiger partial charge on any atom is -0.485 e. The third-order valence-corrected chi connectivity index (χ3v) is 5.62. The highest BCUT2D eigenvalue weighted by Crippen LogP contribution is 2.27. The Balaban J connectivity index is 1.42. The molecule has 1 amide bonds. The van der Waals surface area contributed by atoms with Gasteiger partial charge in [-0.15, -0.1) is 0 Å². The fourth-order valence-corrected chi connectivity index (χ4v) is 3.95. The number of rotatable bonds is 6. The largest absolute Gasteiger partial charge is 0.485 e. The van der Waals surface area contributed by atoms with Crippen LogP contribution in [0, 0.1) is 0 Å². The molecular weight excluding hydrogens is 422 g/mol. The van der Waals surface area contributed by atoms with Gasteiger partial charge in [-0.1, -0.05) is 72.3 Å². The van der Waals surface area contributed by atoms with Crippen LogP contribution in [0.3, 0.4) is 0 Å². The van der Waals surface area contributed by atoms with E-state index in [0.29, 0.717) is 16.5 Å². The van der Waals surface area contributed by atoms with E-state index in [9.17, 15) is 4.79 Å². The van der Waals surface area contributed by atoms with E-state index in [1.54, 1.807) is 12.1 Å². The summed E-state index contributed by atoms with van der Waals surface area (Å²) < 4.78 is 8.04. The van der Waals surface area contributed by atoms with Crippen LogP contribution in [0.1, 0.15) is 5.82 Å². The molecule has 0 spiro atoms. The van der Waals surface area contributed by atoms with Crippen molar-refractivity contribution >= 4 is 45.0 Å². The number of amides is 1. The second-order valence-corrected chi connectivity index (χ2v) is 7.80. The van der Waals surface area contributed by atoms with E-state index in [1.165, 1.54) is 0 Å². The smallest absolute Gasteiger partial charge is 0.244 e. The van der Waals surface area contributed by atoms with Gasteiger partial charge in [0.15, 0.2) is 0 Å². The Hall–Kier alpha value is -3.83. The monoisotopic (exact) mass is 441 g/mol. The third kappa shape index (κ3) is 4.03. The Morgan fingerprint density at radius 2 is 1.66 bits per heavy atom. The number of imidazole rings is 1. The number of aromatic nitrogens is 2. The molecule has 0 atom stereocenters. The normalized spacial score (nSPS) is 11.0. The fourth-order valence-electron chi connectivity index (χ4n) is 3.77. The number of hydrogen-bond donors (Lipinski definition) is 1. The second-order valence-electron chi connectivity index (χ2n) is 7.40. The summed E-state index contributed by atoms with van der Waals surface area (Å²) in [6.45, 7) is 0.335. The number of benzene rings is 4. The lowest BCUT2D eigenvalue weighted by Gasteiger charge is -2.12. The van der Waals surface area contributed by atoms with Gasteiger partial charge in [0.05, 0.1) is 21.7 Å². The van der Waals surface area contributed by atoms with E-state index < -0.39 is 0 Å². The number of fused-ring (bicyclic) bond motifs is 2. The minimum atomic E-state index is -0.187. The lowest BCUT2D eigenvalue weighted by molar-refractivity contribution is -0.116. The number of hydrogen-bond acceptors (Lipinski definition) is 3. The van der Waals surface area contributed by atoms with E-state index >= 15 is 0 Å². The lowest BCUT2D eigenvalue weighted by Crippen LogP contribution is -2.21. The standard InChI is InChI=1S/C26H20ClN3O2/c27-20-11-3-4-12-21(20)29-26(31)16-30-23-14-6-5-13-22(23)28-25(30)17-32-24-15-7-9-18-8-1-2-10-19(18)24/h1-15H,16-17H2,(H,29,31). The number of ether oxygens (including phenoxy) is 1. The molecule has 5 rings (SSSR count). The molecule has 1 aromatic heterocycles. The van der Waals surface area contributed by atoms with Gasteiger partial charge < -0.3 is 14.6 Å². The van der Waals surface area contributed by atoms with Gasteiger partial charge in [-0.2, -0.15) is 0 Å². The maximum atomic E-state index is 12.8. The van der Waals surface area contributed by atoms with E-state index in [0.717, 1.165) is 27.6 Å². The molecule has 5 nitrogen and oxygen atoms in total. The van der Waals surface area contributed by atoms with Crippen LogP contribution in [-0.4, -0.2) is 15.5 Å². The quantitative estimate of drug-likeness (QED) is 0.348. The maximum absolute atomic E-state index is 12.8. The number of anilines is 1. The van der Waals surface area contributed by atoms with Crippen molar-refractivity contribution in [3.63, 3.8) is 0 Å². The molecule has 4 aromatic carbocycles. The Kier molecular flexibility index (Phi) is 5.48. The van der Waals surface area contributed by atoms with Gasteiger partial charge in [-0.05, 0) is 35.7 Å². The van der Waals surface area contributed by atoms with Crippen molar-refractivity contribution in [2.24, 2.45) is 0 Å². The van der Waals surface area contributed by atoms with Gasteiger partial charge in [0.2, 0.25) is 5.91 Å². The molecule has 5 aromatic rings. The highest BCUT2D eigenvalue weighted by atomic mass is 35.5. The highest BCUT2D eigenvalue weighted by Gasteiger charge is 2.15. The van der Waals surface area contributed by atoms with Crippen LogP contribution >= 0.6 is 11.6 Å². The Morgan fingerprint density at radius 3 is 2.56 bits per heavy atom. The van der Waals surface area contributed by atoms with Crippen LogP contribution in [0.25, 0.3) is 21.8 Å². The molecule has 6 heteroatoms. The molecule has 158 valence electrons. The predicted molar refractivity (Wildman–Crippen MR) is 128 cm³/mol. The Morgan fingerprint density at radius 1 is 0.906 bits per heavy atom. The summed E-state index contributed by atoms with van der Waals surface area (Å²) in [7, 11) is 0. The van der Waals surface area contributed by atoms with Crippen molar-refractivity contribution in [3.05, 3.63) is 102 Å². The van der Waals surface area contributed by atoms with Crippen molar-refractivity contribution < 1.29 is 9.53 Å². The molecule has 0 fully saturated rings. The van der Waals surface area contributed by atoms with Crippen molar-refractivity contribution in [1.29, 1.82) is 0 Å². The topological polar surface area (TPSA) is 56.2 Å². The number of para-hydroxylation sites is 3. The van der Waals surface area contributed by atoms with Crippen LogP contribution in [0.4, 0.5) is 5.69 Å². The SMILES string of the molecule is O=C(Cn1c(COc2cccc3ccccc23)nc2ccccc21)Nc1ccccc1Cl. The molecule has 0 aliphatic heterocycles. The zero-order valence-corrected chi connectivity index (χ0v) is 17.9. The first-order valence-corrected chi connectivity index (χ1v) is 10.7. The van der Waals surface area contributed by atoms with Crippen molar-refractivity contribution in [1.82, 2.24) is 9.55 Å². The number of nitrogens with one attached hydrogen (secondary N) is 1. The van der Waals surface area contributed by atoms with Gasteiger partial charge in [0, 0.05) is 5.39 Å². The number of carbonyl (C=O) groups excluding carboxylic acids is 1. The van der Waals surface area contributed by atoms with E-state index in [1.807, 2.05) is 71.3 Å². The van der Waals surface area contributed by atoms with Crippen molar-refractivity contribution in [2.45, 2.75) is 13.2 Å². The van der Waals surface area contributed by atoms with Gasteiger partial charge >= 0.3 is 0 Å². The first-order chi connectivity index (χ1) is 15.7. The summed E-state index contributed by atoms with van der Waals surface area (Å²) in [5.41, 5.74) is 2.27. The van der Waals surface area contributed by atoms with Crippen LogP contribution < -0.4 is 10.1 Å². The molecule has 0 radical (unpaired) electrons. The van der Waals surface area contributed by atoms with Crippen molar-refractivity contribution in [3.8, 4) is 5.75 Å². The third-order valence-electron chi connectivity index (χ3n) is 5.29. The summed E-state index contributed by atoms with van der Waals surface area (Å²) in [6.07, 6.45) is 0. The summed E-state index contributed by atoms with van der Waals surface area (Å²) in [5.74, 6) is 1.27. The van der Waals surface area contributed by atoms with Crippen LogP contribution in [0.5, 0.6) is 5.75 Å². The van der Waals surface area contributed by atoms with Gasteiger partial charge in [0.25, 0.3) is 0 Å². The number of carbonyl (C=O) groups is 1. The second kappa shape index (κ2) is 8.73. The molecule has 32 heavy (non-hydrogen) atoms. The molecule has 0 unspecified atom stereocenters. The molecular formula is C26H20ClN3O2. The lowest BCUT2D eigenvalue weighted by atomic mass is 10.1. The molecule has 1 N–H and O–H groups in total. The average Bonchev–Trinajstić information content (AvgIpc) is 3.16. The first kappa shape index (κ1) is 20.1. The zero-order valence-electron chi connectivity index (χ0n) is 17.2. The minimum absolute atomic E-state index is 0.0972. The van der Waals surface area contributed by atoms with E-state index in [-0.39, 0.29) is 19.1 Å². The molecule has 0 saturated carbocycles. The molecule has 0 bridgehead atoms. The first-order valence-electron chi connectivity index (χ1n) is 10.3. The zero-order chi connectivity index (χ0) is 21.9. The van der Waals surface area contributed by atoms with Crippen LogP contribution in [0.2, 0.25) is 5.02 Å². The molecule has 0 aliphatic carbocycles. The summed E-state index contributed by atoms with van der Waals surface area (Å²) in [4.78, 5) is 17.5. The fraction of sp³-hybridized carbons (Fsp3) is 0.0769. The van der Waals surface area contributed by atoms with Gasteiger partial charge in [0.1, 0.15) is 24.7 Å². The van der Waals surface area contributed by atoms with Crippen molar-refractivity contribution in [2.75, 3.05) is 5.32 Å². The maximum Gasteiger partial charge on any atom is 0.244 e. The van der Waals surface area contributed by atoms with E-state index in [2.05, 4.69) is 17.4 Å². The summed E-state index contributed by atoms with van der Waals surface area (Å²) >= 11 is 6.19. The molecule has 0 aliphatic rings. The highest BCUT2D eigenvalue weighted by molar-refractivity contribution is 6.33. The van der Waals surface area contributed by atoms with Gasteiger partial charge in [-0.25, -0.2) is 4.98 Å². The number of nitrogens with zero attached hydrogens (tertiary/aromatic N) is 2. The Bertz CT molecular complexity index is 1420. The summed E-state index contributed by atoms with van der Waals surface area (Å²) in [5, 5.41) is 5.52. The number of halogens is 1. The predicted octanol–water partition coefficient (Wildman–Crippen LogP) is 6.06. The summed E-state index contributed by atoms with van der Waals surface area (Å²) in [6, 6.07) is 29.0. The van der Waals surface area contributed by atoms with Gasteiger partial charge in [-0.3, -0.25) is 4.79 Å². The van der Waals surface area contributed by atoms with Crippen LogP contribution in [0.15, 0.2) is 91.0 Å². The molecule has 0 saturated heterocycles. The Labute approximate surface area is 190 Å². The molecule has 1 heterocycles. The average molecular weight is 442 g/mol. The van der Waals surface area contributed by atoms with E-state index in [4.69, 9.17) is 21.3 Å².